The largest absolute Gasteiger partial charge is 0.462 e. The lowest BCUT2D eigenvalue weighted by atomic mass is 9.89. The average molecular weight is 348 g/mol. The fraction of sp³-hybridized carbons (Fsp3) is 0.650. The monoisotopic (exact) mass is 348 g/mol. The summed E-state index contributed by atoms with van der Waals surface area (Å²) in [5.74, 6) is -0.578. The Morgan fingerprint density at radius 1 is 1.20 bits per heavy atom. The molecular formula is C20H28O5. The van der Waals surface area contributed by atoms with Crippen LogP contribution in [-0.2, 0) is 18.9 Å². The Balaban J connectivity index is 1.62. The van der Waals surface area contributed by atoms with Crippen molar-refractivity contribution in [3.05, 3.63) is 35.9 Å². The van der Waals surface area contributed by atoms with Crippen LogP contribution in [0.1, 0.15) is 44.0 Å². The second kappa shape index (κ2) is 7.06. The van der Waals surface area contributed by atoms with Gasteiger partial charge < -0.3 is 18.9 Å². The van der Waals surface area contributed by atoms with E-state index >= 15 is 0 Å². The number of hydrogen-bond donors (Lipinski definition) is 0. The third kappa shape index (κ3) is 3.73. The summed E-state index contributed by atoms with van der Waals surface area (Å²) in [6.45, 7) is 6.96. The molecule has 1 heterocycles. The first-order valence-corrected chi connectivity index (χ1v) is 8.98. The molecular weight excluding hydrogens is 320 g/mol. The van der Waals surface area contributed by atoms with E-state index < -0.39 is 5.79 Å². The van der Waals surface area contributed by atoms with E-state index in [0.717, 1.165) is 12.8 Å². The molecule has 0 radical (unpaired) electrons. The second-order valence-electron chi connectivity index (χ2n) is 7.50. The minimum absolute atomic E-state index is 0.00602. The molecule has 0 N–H and O–H groups in total. The zero-order valence-corrected chi connectivity index (χ0v) is 15.5. The van der Waals surface area contributed by atoms with Gasteiger partial charge in [0, 0.05) is 18.4 Å². The van der Waals surface area contributed by atoms with Gasteiger partial charge in [-0.2, -0.15) is 0 Å². The summed E-state index contributed by atoms with van der Waals surface area (Å²) >= 11 is 0. The summed E-state index contributed by atoms with van der Waals surface area (Å²) < 4.78 is 23.1. The van der Waals surface area contributed by atoms with Gasteiger partial charge in [0.2, 0.25) is 0 Å². The Labute approximate surface area is 149 Å². The molecule has 1 aliphatic heterocycles. The van der Waals surface area contributed by atoms with Crippen LogP contribution >= 0.6 is 0 Å². The van der Waals surface area contributed by atoms with Gasteiger partial charge in [-0.25, -0.2) is 4.79 Å². The maximum Gasteiger partial charge on any atom is 0.338 e. The normalized spacial score (nSPS) is 33.2. The van der Waals surface area contributed by atoms with E-state index in [1.54, 1.807) is 19.2 Å². The first kappa shape index (κ1) is 18.4. The van der Waals surface area contributed by atoms with E-state index in [2.05, 4.69) is 6.92 Å². The van der Waals surface area contributed by atoms with Crippen molar-refractivity contribution < 1.29 is 23.7 Å². The van der Waals surface area contributed by atoms with Crippen molar-refractivity contribution in [2.45, 2.75) is 51.6 Å². The number of hydrogen-bond acceptors (Lipinski definition) is 5. The summed E-state index contributed by atoms with van der Waals surface area (Å²) in [7, 11) is 1.68. The molecule has 25 heavy (non-hydrogen) atoms. The van der Waals surface area contributed by atoms with Crippen molar-refractivity contribution >= 4 is 5.97 Å². The molecule has 5 nitrogen and oxygen atoms in total. The zero-order chi connectivity index (χ0) is 18.1. The van der Waals surface area contributed by atoms with Crippen LogP contribution in [0.2, 0.25) is 0 Å². The molecule has 3 rings (SSSR count). The van der Waals surface area contributed by atoms with Crippen LogP contribution in [0.4, 0.5) is 0 Å². The van der Waals surface area contributed by atoms with E-state index in [4.69, 9.17) is 18.9 Å². The van der Waals surface area contributed by atoms with Gasteiger partial charge in [0.05, 0.1) is 24.9 Å². The van der Waals surface area contributed by atoms with Gasteiger partial charge in [-0.1, -0.05) is 25.1 Å². The molecule has 0 spiro atoms. The Morgan fingerprint density at radius 3 is 2.56 bits per heavy atom. The zero-order valence-electron chi connectivity index (χ0n) is 15.5. The van der Waals surface area contributed by atoms with Crippen molar-refractivity contribution in [1.29, 1.82) is 0 Å². The minimum atomic E-state index is -0.607. The van der Waals surface area contributed by atoms with Gasteiger partial charge in [-0.3, -0.25) is 0 Å². The lowest BCUT2D eigenvalue weighted by Crippen LogP contribution is -2.37. The van der Waals surface area contributed by atoms with Crippen LogP contribution in [0.5, 0.6) is 0 Å². The van der Waals surface area contributed by atoms with Crippen molar-refractivity contribution in [1.82, 2.24) is 0 Å². The van der Waals surface area contributed by atoms with Crippen LogP contribution in [0.15, 0.2) is 30.3 Å². The van der Waals surface area contributed by atoms with E-state index in [1.165, 1.54) is 0 Å². The molecule has 5 heteroatoms. The van der Waals surface area contributed by atoms with Crippen LogP contribution in [0.25, 0.3) is 0 Å². The average Bonchev–Trinajstić information content (AvgIpc) is 3.24. The molecule has 0 amide bonds. The summed E-state index contributed by atoms with van der Waals surface area (Å²) in [5, 5.41) is 0. The Hall–Kier alpha value is -1.43. The number of rotatable bonds is 7. The van der Waals surface area contributed by atoms with Gasteiger partial charge in [-0.15, -0.1) is 0 Å². The molecule has 4 atom stereocenters. The van der Waals surface area contributed by atoms with Crippen molar-refractivity contribution in [2.75, 3.05) is 20.3 Å². The number of benzene rings is 1. The Morgan fingerprint density at radius 2 is 1.92 bits per heavy atom. The predicted molar refractivity (Wildman–Crippen MR) is 93.3 cm³/mol. The highest BCUT2D eigenvalue weighted by molar-refractivity contribution is 5.89. The molecule has 1 saturated carbocycles. The van der Waals surface area contributed by atoms with E-state index in [-0.39, 0.29) is 23.6 Å². The van der Waals surface area contributed by atoms with Gasteiger partial charge in [0.15, 0.2) is 5.79 Å². The third-order valence-electron chi connectivity index (χ3n) is 5.44. The molecule has 1 aliphatic carbocycles. The van der Waals surface area contributed by atoms with E-state index in [1.807, 2.05) is 32.0 Å². The summed E-state index contributed by atoms with van der Waals surface area (Å²) in [5.41, 5.74) is 0.581. The molecule has 2 aliphatic rings. The van der Waals surface area contributed by atoms with Crippen LogP contribution in [0, 0.1) is 11.3 Å². The van der Waals surface area contributed by atoms with Crippen LogP contribution in [0.3, 0.4) is 0 Å². The standard InChI is InChI=1S/C20H28O5/c1-5-20(17-16(13-22-4)24-19(2,3)25-17)11-15(20)12-23-18(21)14-9-7-6-8-10-14/h6-10,15-17H,5,11-13H2,1-4H3/t15-,16+,17?,20-/m0/s1. The maximum absolute atomic E-state index is 12.2. The SMILES string of the molecule is CC[C@]1(C2OC(C)(C)O[C@@H]2COC)C[C@H]1COC(=O)c1ccccc1. The smallest absolute Gasteiger partial charge is 0.338 e. The molecule has 1 aromatic carbocycles. The van der Waals surface area contributed by atoms with Crippen molar-refractivity contribution in [3.8, 4) is 0 Å². The van der Waals surface area contributed by atoms with Crippen molar-refractivity contribution in [2.24, 2.45) is 11.3 Å². The molecule has 2 fully saturated rings. The van der Waals surface area contributed by atoms with E-state index in [0.29, 0.717) is 24.7 Å². The number of methoxy groups -OCH3 is 1. The summed E-state index contributed by atoms with van der Waals surface area (Å²) in [6.07, 6.45) is 1.82. The summed E-state index contributed by atoms with van der Waals surface area (Å²) in [4.78, 5) is 12.2. The van der Waals surface area contributed by atoms with Gasteiger partial charge in [0.25, 0.3) is 0 Å². The number of carbonyl (C=O) groups excluding carboxylic acids is 1. The lowest BCUT2D eigenvalue weighted by molar-refractivity contribution is -0.155. The fourth-order valence-electron chi connectivity index (χ4n) is 4.05. The Kier molecular flexibility index (Phi) is 5.19. The first-order valence-electron chi connectivity index (χ1n) is 8.98. The fourth-order valence-corrected chi connectivity index (χ4v) is 4.05. The Bertz CT molecular complexity index is 599. The molecule has 138 valence electrons. The first-order chi connectivity index (χ1) is 11.9. The minimum Gasteiger partial charge on any atom is -0.462 e. The molecule has 1 unspecified atom stereocenters. The van der Waals surface area contributed by atoms with Gasteiger partial charge in [0.1, 0.15) is 6.10 Å². The number of esters is 1. The molecule has 1 aromatic rings. The van der Waals surface area contributed by atoms with Crippen molar-refractivity contribution in [3.63, 3.8) is 0 Å². The van der Waals surface area contributed by atoms with Gasteiger partial charge >= 0.3 is 5.97 Å². The summed E-state index contributed by atoms with van der Waals surface area (Å²) in [6, 6.07) is 9.10. The number of carbonyl (C=O) groups is 1. The third-order valence-corrected chi connectivity index (χ3v) is 5.44. The second-order valence-corrected chi connectivity index (χ2v) is 7.50. The highest BCUT2D eigenvalue weighted by Crippen LogP contribution is 2.61. The topological polar surface area (TPSA) is 54.0 Å². The highest BCUT2D eigenvalue weighted by atomic mass is 16.8. The highest BCUT2D eigenvalue weighted by Gasteiger charge is 2.64. The molecule has 0 aromatic heterocycles. The van der Waals surface area contributed by atoms with Crippen LogP contribution in [-0.4, -0.2) is 44.3 Å². The molecule has 1 saturated heterocycles. The lowest BCUT2D eigenvalue weighted by Gasteiger charge is -2.26. The van der Waals surface area contributed by atoms with Gasteiger partial charge in [-0.05, 0) is 38.8 Å². The number of ether oxygens (including phenoxy) is 4. The predicted octanol–water partition coefficient (Wildman–Crippen LogP) is 3.43. The van der Waals surface area contributed by atoms with E-state index in [9.17, 15) is 4.79 Å². The molecule has 0 bridgehead atoms. The maximum atomic E-state index is 12.2. The quantitative estimate of drug-likeness (QED) is 0.707. The van der Waals surface area contributed by atoms with Crippen LogP contribution < -0.4 is 0 Å².